The molecule has 1 spiro atoms. The van der Waals surface area contributed by atoms with Gasteiger partial charge in [-0.05, 0) is 67.8 Å². The van der Waals surface area contributed by atoms with Crippen molar-refractivity contribution in [2.75, 3.05) is 0 Å². The summed E-state index contributed by atoms with van der Waals surface area (Å²) in [4.78, 5) is 0. The molecule has 3 unspecified atom stereocenters. The predicted molar refractivity (Wildman–Crippen MR) is 84.1 cm³/mol. The first-order valence-corrected chi connectivity index (χ1v) is 8.75. The van der Waals surface area contributed by atoms with E-state index in [1.807, 2.05) is 6.92 Å². The van der Waals surface area contributed by atoms with Gasteiger partial charge in [-0.2, -0.15) is 5.26 Å². The molecule has 1 saturated heterocycles. The van der Waals surface area contributed by atoms with E-state index in [1.54, 1.807) is 5.56 Å². The van der Waals surface area contributed by atoms with Gasteiger partial charge in [0.05, 0.1) is 11.7 Å². The fraction of sp³-hybridized carbons (Fsp3) is 0.650. The van der Waals surface area contributed by atoms with Crippen LogP contribution < -0.4 is 0 Å². The molecule has 22 heavy (non-hydrogen) atoms. The zero-order valence-electron chi connectivity index (χ0n) is 13.2. The number of benzene rings is 1. The Morgan fingerprint density at radius 2 is 1.73 bits per heavy atom. The molecule has 5 aliphatic rings. The van der Waals surface area contributed by atoms with E-state index < -0.39 is 5.60 Å². The van der Waals surface area contributed by atoms with E-state index >= 15 is 0 Å². The van der Waals surface area contributed by atoms with E-state index in [4.69, 9.17) is 4.74 Å². The second-order valence-corrected chi connectivity index (χ2v) is 8.57. The summed E-state index contributed by atoms with van der Waals surface area (Å²) >= 11 is 0. The molecular weight excluding hydrogens is 270 g/mol. The Kier molecular flexibility index (Phi) is 2.36. The van der Waals surface area contributed by atoms with Gasteiger partial charge in [-0.1, -0.05) is 30.3 Å². The number of hydrogen-bond donors (Lipinski definition) is 0. The summed E-state index contributed by atoms with van der Waals surface area (Å²) in [7, 11) is 0. The highest BCUT2D eigenvalue weighted by molar-refractivity contribution is 5.33. The van der Waals surface area contributed by atoms with Crippen molar-refractivity contribution in [2.24, 2.45) is 17.8 Å². The predicted octanol–water partition coefficient (Wildman–Crippen LogP) is 4.21. The number of hydrogen-bond acceptors (Lipinski definition) is 2. The first-order chi connectivity index (χ1) is 10.6. The zero-order chi connectivity index (χ0) is 15.0. The number of nitriles is 1. The second-order valence-electron chi connectivity index (χ2n) is 8.57. The molecule has 0 N–H and O–H groups in total. The smallest absolute Gasteiger partial charge is 0.155 e. The van der Waals surface area contributed by atoms with Crippen LogP contribution in [0.15, 0.2) is 30.3 Å². The Balaban J connectivity index is 1.51. The SMILES string of the molecule is C[C@@]1(C#N)CC2(O1)[C@@H]1CC3C[C@H]2CC(c2ccccc2)(C3)C1. The van der Waals surface area contributed by atoms with Gasteiger partial charge in [-0.3, -0.25) is 0 Å². The maximum atomic E-state index is 9.34. The van der Waals surface area contributed by atoms with Crippen molar-refractivity contribution in [3.05, 3.63) is 35.9 Å². The standard InChI is InChI=1S/C20H23NO/c1-18(13-21)12-20(22-18)16-7-14-8-17(20)11-19(9-14,10-16)15-5-3-2-4-6-15/h2-6,14,16-17H,7-12H2,1H3/t14?,16-,17+,18-,19?,20?/m0/s1. The van der Waals surface area contributed by atoms with E-state index in [2.05, 4.69) is 36.4 Å². The highest BCUT2D eigenvalue weighted by atomic mass is 16.6. The van der Waals surface area contributed by atoms with Crippen LogP contribution >= 0.6 is 0 Å². The first-order valence-electron chi connectivity index (χ1n) is 8.75. The molecule has 1 aliphatic heterocycles. The molecular formula is C20H23NO. The van der Waals surface area contributed by atoms with E-state index in [9.17, 15) is 5.26 Å². The summed E-state index contributed by atoms with van der Waals surface area (Å²) in [5.41, 5.74) is 1.46. The molecule has 0 aromatic heterocycles. The van der Waals surface area contributed by atoms with Crippen molar-refractivity contribution in [2.45, 2.75) is 62.1 Å². The summed E-state index contributed by atoms with van der Waals surface area (Å²) in [6, 6.07) is 13.6. The highest BCUT2D eigenvalue weighted by Gasteiger charge is 2.69. The summed E-state index contributed by atoms with van der Waals surface area (Å²) in [6.07, 6.45) is 7.52. The van der Waals surface area contributed by atoms with Crippen LogP contribution in [0.4, 0.5) is 0 Å². The van der Waals surface area contributed by atoms with Crippen LogP contribution in [0, 0.1) is 29.1 Å². The zero-order valence-corrected chi connectivity index (χ0v) is 13.2. The van der Waals surface area contributed by atoms with Gasteiger partial charge in [-0.25, -0.2) is 0 Å². The fourth-order valence-corrected chi connectivity index (χ4v) is 6.66. The molecule has 2 heteroatoms. The second kappa shape index (κ2) is 3.95. The number of ether oxygens (including phenoxy) is 1. The minimum atomic E-state index is -0.519. The Hall–Kier alpha value is -1.33. The van der Waals surface area contributed by atoms with Crippen LogP contribution in [0.5, 0.6) is 0 Å². The Morgan fingerprint density at radius 1 is 1.09 bits per heavy atom. The average Bonchev–Trinajstić information content (AvgIpc) is 2.50. The lowest BCUT2D eigenvalue weighted by atomic mass is 9.41. The third kappa shape index (κ3) is 1.48. The average molecular weight is 293 g/mol. The van der Waals surface area contributed by atoms with Gasteiger partial charge in [0.15, 0.2) is 5.60 Å². The molecule has 4 aliphatic carbocycles. The van der Waals surface area contributed by atoms with Crippen LogP contribution in [-0.2, 0) is 10.2 Å². The van der Waals surface area contributed by atoms with Crippen molar-refractivity contribution < 1.29 is 4.74 Å². The summed E-state index contributed by atoms with van der Waals surface area (Å²) in [5, 5.41) is 9.34. The monoisotopic (exact) mass is 293 g/mol. The molecule has 6 atom stereocenters. The molecule has 0 radical (unpaired) electrons. The van der Waals surface area contributed by atoms with E-state index in [1.165, 1.54) is 32.1 Å². The molecule has 4 saturated carbocycles. The lowest BCUT2D eigenvalue weighted by molar-refractivity contribution is -0.328. The van der Waals surface area contributed by atoms with Crippen molar-refractivity contribution in [3.63, 3.8) is 0 Å². The molecule has 1 heterocycles. The Bertz CT molecular complexity index is 634. The van der Waals surface area contributed by atoms with Gasteiger partial charge < -0.3 is 4.74 Å². The van der Waals surface area contributed by atoms with E-state index in [0.717, 1.165) is 12.3 Å². The van der Waals surface area contributed by atoms with Crippen LogP contribution in [0.2, 0.25) is 0 Å². The lowest BCUT2D eigenvalue weighted by Gasteiger charge is -2.70. The fourth-order valence-electron chi connectivity index (χ4n) is 6.66. The van der Waals surface area contributed by atoms with Crippen molar-refractivity contribution in [1.82, 2.24) is 0 Å². The molecule has 2 nitrogen and oxygen atoms in total. The van der Waals surface area contributed by atoms with Crippen molar-refractivity contribution in [3.8, 4) is 6.07 Å². The Morgan fingerprint density at radius 3 is 2.32 bits per heavy atom. The summed E-state index contributed by atoms with van der Waals surface area (Å²) < 4.78 is 6.36. The third-order valence-electron chi connectivity index (χ3n) is 7.22. The van der Waals surface area contributed by atoms with Crippen LogP contribution in [0.1, 0.15) is 51.0 Å². The van der Waals surface area contributed by atoms with Gasteiger partial charge in [0.1, 0.15) is 0 Å². The molecule has 1 aromatic carbocycles. The van der Waals surface area contributed by atoms with Crippen molar-refractivity contribution >= 4 is 0 Å². The lowest BCUT2D eigenvalue weighted by Crippen LogP contribution is -2.72. The van der Waals surface area contributed by atoms with Gasteiger partial charge >= 0.3 is 0 Å². The Labute approximate surface area is 132 Å². The molecule has 6 rings (SSSR count). The third-order valence-corrected chi connectivity index (χ3v) is 7.22. The first kappa shape index (κ1) is 13.1. The van der Waals surface area contributed by atoms with Gasteiger partial charge in [-0.15, -0.1) is 0 Å². The van der Waals surface area contributed by atoms with E-state index in [0.29, 0.717) is 17.3 Å². The van der Waals surface area contributed by atoms with Crippen LogP contribution in [0.3, 0.4) is 0 Å². The minimum absolute atomic E-state index is 0.0413. The number of rotatable bonds is 1. The summed E-state index contributed by atoms with van der Waals surface area (Å²) in [6.45, 7) is 1.97. The molecule has 5 fully saturated rings. The summed E-state index contributed by atoms with van der Waals surface area (Å²) in [5.74, 6) is 2.21. The molecule has 114 valence electrons. The maximum Gasteiger partial charge on any atom is 0.155 e. The minimum Gasteiger partial charge on any atom is -0.353 e. The van der Waals surface area contributed by atoms with Crippen LogP contribution in [-0.4, -0.2) is 11.2 Å². The van der Waals surface area contributed by atoms with Gasteiger partial charge in [0.25, 0.3) is 0 Å². The largest absolute Gasteiger partial charge is 0.353 e. The molecule has 1 aromatic rings. The molecule has 0 amide bonds. The molecule has 4 bridgehead atoms. The maximum absolute atomic E-state index is 9.34. The van der Waals surface area contributed by atoms with Gasteiger partial charge in [0, 0.05) is 6.42 Å². The van der Waals surface area contributed by atoms with Gasteiger partial charge in [0.2, 0.25) is 0 Å². The topological polar surface area (TPSA) is 33.0 Å². The normalized spacial score (nSPS) is 51.5. The van der Waals surface area contributed by atoms with E-state index in [-0.39, 0.29) is 5.60 Å². The number of nitrogens with zero attached hydrogens (tertiary/aromatic N) is 1. The van der Waals surface area contributed by atoms with Crippen LogP contribution in [0.25, 0.3) is 0 Å². The quantitative estimate of drug-likeness (QED) is 0.777. The highest BCUT2D eigenvalue weighted by Crippen LogP contribution is 2.69. The van der Waals surface area contributed by atoms with Crippen molar-refractivity contribution in [1.29, 1.82) is 5.26 Å².